The molecule has 2 saturated heterocycles. The summed E-state index contributed by atoms with van der Waals surface area (Å²) in [6.45, 7) is 8.44. The number of ether oxygens (including phenoxy) is 1. The lowest BCUT2D eigenvalue weighted by molar-refractivity contribution is -0.145. The van der Waals surface area contributed by atoms with Crippen molar-refractivity contribution in [1.82, 2.24) is 19.0 Å². The molecule has 41 heavy (non-hydrogen) atoms. The van der Waals surface area contributed by atoms with Gasteiger partial charge in [0.25, 0.3) is 0 Å². The van der Waals surface area contributed by atoms with Gasteiger partial charge in [-0.2, -0.15) is 9.40 Å². The van der Waals surface area contributed by atoms with Crippen molar-refractivity contribution in [2.75, 3.05) is 39.4 Å². The number of nitrogens with zero attached hydrogens (tertiary/aromatic N) is 4. The Balaban J connectivity index is 1.38. The van der Waals surface area contributed by atoms with Gasteiger partial charge in [-0.3, -0.25) is 4.79 Å². The second-order valence-corrected chi connectivity index (χ2v) is 14.1. The van der Waals surface area contributed by atoms with Gasteiger partial charge in [0.2, 0.25) is 15.9 Å². The molecule has 0 N–H and O–H groups in total. The minimum absolute atomic E-state index is 0.0551. The number of rotatable bonds is 4. The Hall–Kier alpha value is -3.34. The molecule has 2 fully saturated rings. The number of aromatic nitrogens is 2. The molecule has 0 saturated carbocycles. The summed E-state index contributed by atoms with van der Waals surface area (Å²) in [4.78, 5) is 16.4. The highest BCUT2D eigenvalue weighted by Gasteiger charge is 2.52. The molecule has 1 atom stereocenters. The van der Waals surface area contributed by atoms with Gasteiger partial charge in [-0.05, 0) is 77.4 Å². The minimum Gasteiger partial charge on any atom is -0.378 e. The maximum absolute atomic E-state index is 14.3. The summed E-state index contributed by atoms with van der Waals surface area (Å²) in [5.74, 6) is -0.403. The van der Waals surface area contributed by atoms with E-state index in [1.165, 1.54) is 16.4 Å². The lowest BCUT2D eigenvalue weighted by Crippen LogP contribution is -2.58. The van der Waals surface area contributed by atoms with Crippen LogP contribution in [0.15, 0.2) is 65.2 Å². The second kappa shape index (κ2) is 10.2. The Bertz CT molecular complexity index is 1600. The molecule has 2 aliphatic heterocycles. The zero-order chi connectivity index (χ0) is 29.0. The van der Waals surface area contributed by atoms with Crippen molar-refractivity contribution in [2.24, 2.45) is 5.41 Å². The Labute approximate surface area is 240 Å². The zero-order valence-corrected chi connectivity index (χ0v) is 24.5. The molecule has 8 nitrogen and oxygen atoms in total. The molecule has 1 aromatic heterocycles. The first-order chi connectivity index (χ1) is 19.5. The SMILES string of the molecule is CC(C)(C)c1ccc(S(=O)(=O)N2CCC3=Cc4c(cnn4-c4ccc(F)cc4)CC3(C(=O)N3CCOCC3)C2)cc1. The van der Waals surface area contributed by atoms with Crippen molar-refractivity contribution in [3.05, 3.63) is 82.9 Å². The van der Waals surface area contributed by atoms with E-state index in [9.17, 15) is 17.6 Å². The quantitative estimate of drug-likeness (QED) is 0.464. The third kappa shape index (κ3) is 4.91. The highest BCUT2D eigenvalue weighted by molar-refractivity contribution is 7.89. The standard InChI is InChI=1S/C31H35FN4O4S/c1-30(2,3)23-4-10-27(11-5-23)41(38,39)35-13-12-24-18-28-22(20-33-36(28)26-8-6-25(32)7-9-26)19-31(24,21-35)29(37)34-14-16-40-17-15-34/h4-11,18,20H,12-17,19,21H2,1-3H3. The average molecular weight is 579 g/mol. The first-order valence-corrected chi connectivity index (χ1v) is 15.4. The van der Waals surface area contributed by atoms with Gasteiger partial charge in [0.15, 0.2) is 0 Å². The Morgan fingerprint density at radius 3 is 2.34 bits per heavy atom. The average Bonchev–Trinajstić information content (AvgIpc) is 3.37. The highest BCUT2D eigenvalue weighted by atomic mass is 32.2. The molecule has 3 heterocycles. The number of hydrogen-bond acceptors (Lipinski definition) is 5. The lowest BCUT2D eigenvalue weighted by atomic mass is 9.67. The van der Waals surface area contributed by atoms with Crippen LogP contribution in [0.25, 0.3) is 11.8 Å². The van der Waals surface area contributed by atoms with E-state index in [0.717, 1.165) is 28.1 Å². The summed E-state index contributed by atoms with van der Waals surface area (Å²) in [5.41, 5.74) is 3.23. The fourth-order valence-corrected chi connectivity index (χ4v) is 7.64. The van der Waals surface area contributed by atoms with Crippen LogP contribution in [0.4, 0.5) is 4.39 Å². The van der Waals surface area contributed by atoms with Gasteiger partial charge in [0.05, 0.1) is 41.1 Å². The molecule has 0 bridgehead atoms. The molecule has 0 radical (unpaired) electrons. The van der Waals surface area contributed by atoms with E-state index in [1.807, 2.05) is 18.2 Å². The number of amides is 1. The third-order valence-electron chi connectivity index (χ3n) is 8.52. The predicted molar refractivity (Wildman–Crippen MR) is 154 cm³/mol. The fraction of sp³-hybridized carbons (Fsp3) is 0.419. The monoisotopic (exact) mass is 578 g/mol. The molecule has 10 heteroatoms. The van der Waals surface area contributed by atoms with Gasteiger partial charge in [-0.15, -0.1) is 0 Å². The van der Waals surface area contributed by atoms with E-state index < -0.39 is 15.4 Å². The van der Waals surface area contributed by atoms with Gasteiger partial charge in [0, 0.05) is 26.2 Å². The molecule has 3 aromatic rings. The summed E-state index contributed by atoms with van der Waals surface area (Å²) < 4.78 is 50.2. The van der Waals surface area contributed by atoms with Crippen molar-refractivity contribution in [2.45, 2.75) is 43.9 Å². The Morgan fingerprint density at radius 1 is 1.00 bits per heavy atom. The summed E-state index contributed by atoms with van der Waals surface area (Å²) in [7, 11) is -3.84. The molecule has 1 aliphatic carbocycles. The van der Waals surface area contributed by atoms with Crippen LogP contribution < -0.4 is 0 Å². The van der Waals surface area contributed by atoms with Crippen molar-refractivity contribution in [3.8, 4) is 5.69 Å². The summed E-state index contributed by atoms with van der Waals surface area (Å²) in [5, 5.41) is 4.57. The summed E-state index contributed by atoms with van der Waals surface area (Å²) >= 11 is 0. The first kappa shape index (κ1) is 27.8. The third-order valence-corrected chi connectivity index (χ3v) is 10.4. The van der Waals surface area contributed by atoms with E-state index in [-0.39, 0.29) is 35.1 Å². The Kier molecular flexibility index (Phi) is 6.91. The predicted octanol–water partition coefficient (Wildman–Crippen LogP) is 4.19. The topological polar surface area (TPSA) is 84.7 Å². The van der Waals surface area contributed by atoms with Gasteiger partial charge < -0.3 is 9.64 Å². The van der Waals surface area contributed by atoms with Gasteiger partial charge >= 0.3 is 0 Å². The smallest absolute Gasteiger partial charge is 0.243 e. The van der Waals surface area contributed by atoms with Crippen LogP contribution in [-0.2, 0) is 31.4 Å². The molecule has 2 aromatic carbocycles. The summed E-state index contributed by atoms with van der Waals surface area (Å²) in [6, 6.07) is 13.2. The van der Waals surface area contributed by atoms with E-state index >= 15 is 0 Å². The van der Waals surface area contributed by atoms with Crippen LogP contribution in [-0.4, -0.2) is 72.7 Å². The fourth-order valence-electron chi connectivity index (χ4n) is 6.14. The van der Waals surface area contributed by atoms with Crippen LogP contribution in [0.3, 0.4) is 0 Å². The van der Waals surface area contributed by atoms with Gasteiger partial charge in [-0.25, -0.2) is 17.5 Å². The van der Waals surface area contributed by atoms with Gasteiger partial charge in [0.1, 0.15) is 5.82 Å². The molecule has 1 amide bonds. The number of morpholine rings is 1. The number of carbonyl (C=O) groups is 1. The lowest BCUT2D eigenvalue weighted by Gasteiger charge is -2.47. The van der Waals surface area contributed by atoms with E-state index in [4.69, 9.17) is 4.74 Å². The van der Waals surface area contributed by atoms with E-state index in [1.54, 1.807) is 40.0 Å². The largest absolute Gasteiger partial charge is 0.378 e. The molecule has 0 spiro atoms. The number of piperidine rings is 1. The molecule has 216 valence electrons. The number of sulfonamides is 1. The number of halogens is 1. The molecule has 3 aliphatic rings. The van der Waals surface area contributed by atoms with Crippen LogP contribution in [0.2, 0.25) is 0 Å². The van der Waals surface area contributed by atoms with Crippen molar-refractivity contribution in [1.29, 1.82) is 0 Å². The minimum atomic E-state index is -3.84. The van der Waals surface area contributed by atoms with Gasteiger partial charge in [-0.1, -0.05) is 32.9 Å². The van der Waals surface area contributed by atoms with E-state index in [2.05, 4.69) is 25.9 Å². The highest BCUT2D eigenvalue weighted by Crippen LogP contribution is 2.46. The van der Waals surface area contributed by atoms with Crippen LogP contribution in [0.5, 0.6) is 0 Å². The zero-order valence-electron chi connectivity index (χ0n) is 23.6. The van der Waals surface area contributed by atoms with Crippen LogP contribution in [0, 0.1) is 11.2 Å². The van der Waals surface area contributed by atoms with Crippen molar-refractivity contribution in [3.63, 3.8) is 0 Å². The molecular weight excluding hydrogens is 543 g/mol. The number of hydrogen-bond donors (Lipinski definition) is 0. The second-order valence-electron chi connectivity index (χ2n) is 12.1. The molecule has 1 unspecified atom stereocenters. The Morgan fingerprint density at radius 2 is 1.68 bits per heavy atom. The molecule has 6 rings (SSSR count). The first-order valence-electron chi connectivity index (χ1n) is 14.0. The maximum Gasteiger partial charge on any atom is 0.243 e. The summed E-state index contributed by atoms with van der Waals surface area (Å²) in [6.07, 6.45) is 4.48. The number of fused-ring (bicyclic) bond motifs is 2. The van der Waals surface area contributed by atoms with Crippen molar-refractivity contribution >= 4 is 22.0 Å². The van der Waals surface area contributed by atoms with E-state index in [0.29, 0.717) is 39.1 Å². The number of benzene rings is 2. The number of carbonyl (C=O) groups excluding carboxylic acids is 1. The van der Waals surface area contributed by atoms with Crippen LogP contribution in [0.1, 0.15) is 44.0 Å². The molecular formula is C31H35FN4O4S. The van der Waals surface area contributed by atoms with Crippen LogP contribution >= 0.6 is 0 Å². The van der Waals surface area contributed by atoms with Crippen molar-refractivity contribution < 1.29 is 22.3 Å². The normalized spacial score (nSPS) is 21.7. The maximum atomic E-state index is 14.3.